The van der Waals surface area contributed by atoms with Crippen LogP contribution in [0.25, 0.3) is 0 Å². The maximum absolute atomic E-state index is 12.3. The smallest absolute Gasteiger partial charge is 0.255 e. The summed E-state index contributed by atoms with van der Waals surface area (Å²) < 4.78 is 0. The van der Waals surface area contributed by atoms with E-state index in [1.807, 2.05) is 0 Å². The summed E-state index contributed by atoms with van der Waals surface area (Å²) in [6.07, 6.45) is 0. The fourth-order valence-electron chi connectivity index (χ4n) is 2.08. The topological polar surface area (TPSA) is 87.3 Å². The van der Waals surface area contributed by atoms with Crippen LogP contribution in [0.15, 0.2) is 48.5 Å². The molecule has 0 unspecified atom stereocenters. The SMILES string of the molecule is CC(=O)NCc1ccc(C(=O)Nc2cccc(NC(C)=O)c2)cc1. The van der Waals surface area contributed by atoms with Crippen molar-refractivity contribution in [2.75, 3.05) is 10.6 Å². The number of amides is 3. The number of nitrogens with one attached hydrogen (secondary N) is 3. The van der Waals surface area contributed by atoms with Crippen LogP contribution in [0.1, 0.15) is 29.8 Å². The minimum Gasteiger partial charge on any atom is -0.352 e. The fourth-order valence-corrected chi connectivity index (χ4v) is 2.08. The molecule has 24 heavy (non-hydrogen) atoms. The number of rotatable bonds is 5. The molecule has 0 aliphatic rings. The second-order valence-electron chi connectivity index (χ2n) is 5.32. The van der Waals surface area contributed by atoms with Gasteiger partial charge in [-0.3, -0.25) is 14.4 Å². The van der Waals surface area contributed by atoms with Crippen LogP contribution in [0, 0.1) is 0 Å². The predicted molar refractivity (Wildman–Crippen MR) is 92.7 cm³/mol. The molecular formula is C18H19N3O3. The van der Waals surface area contributed by atoms with Crippen molar-refractivity contribution in [3.8, 4) is 0 Å². The molecule has 6 heteroatoms. The van der Waals surface area contributed by atoms with E-state index < -0.39 is 0 Å². The standard InChI is InChI=1S/C18H19N3O3/c1-12(22)19-11-14-6-8-15(9-7-14)18(24)21-17-5-3-4-16(10-17)20-13(2)23/h3-10H,11H2,1-2H3,(H,19,22)(H,20,23)(H,21,24). The summed E-state index contributed by atoms with van der Waals surface area (Å²) in [6, 6.07) is 13.9. The van der Waals surface area contributed by atoms with Gasteiger partial charge < -0.3 is 16.0 Å². The Morgan fingerprint density at radius 2 is 1.46 bits per heavy atom. The minimum atomic E-state index is -0.249. The summed E-state index contributed by atoms with van der Waals surface area (Å²) in [4.78, 5) is 34.2. The summed E-state index contributed by atoms with van der Waals surface area (Å²) in [7, 11) is 0. The lowest BCUT2D eigenvalue weighted by Crippen LogP contribution is -2.19. The van der Waals surface area contributed by atoms with Crippen molar-refractivity contribution in [2.24, 2.45) is 0 Å². The number of anilines is 2. The maximum atomic E-state index is 12.3. The van der Waals surface area contributed by atoms with Crippen molar-refractivity contribution in [1.29, 1.82) is 0 Å². The van der Waals surface area contributed by atoms with E-state index in [1.54, 1.807) is 48.5 Å². The quantitative estimate of drug-likeness (QED) is 0.789. The molecule has 0 saturated heterocycles. The van der Waals surface area contributed by atoms with Crippen molar-refractivity contribution in [1.82, 2.24) is 5.32 Å². The molecule has 2 rings (SSSR count). The van der Waals surface area contributed by atoms with E-state index in [2.05, 4.69) is 16.0 Å². The van der Waals surface area contributed by atoms with Gasteiger partial charge in [-0.2, -0.15) is 0 Å². The van der Waals surface area contributed by atoms with Gasteiger partial charge in [0, 0.05) is 37.3 Å². The van der Waals surface area contributed by atoms with E-state index in [0.717, 1.165) is 5.56 Å². The third-order valence-electron chi connectivity index (χ3n) is 3.20. The monoisotopic (exact) mass is 325 g/mol. The average molecular weight is 325 g/mol. The van der Waals surface area contributed by atoms with E-state index in [-0.39, 0.29) is 17.7 Å². The molecule has 0 fully saturated rings. The van der Waals surface area contributed by atoms with Gasteiger partial charge in [0.1, 0.15) is 0 Å². The van der Waals surface area contributed by atoms with Crippen LogP contribution < -0.4 is 16.0 Å². The third-order valence-corrected chi connectivity index (χ3v) is 3.20. The molecule has 0 saturated carbocycles. The van der Waals surface area contributed by atoms with Crippen LogP contribution in [0.4, 0.5) is 11.4 Å². The molecule has 0 aliphatic carbocycles. The Balaban J connectivity index is 2.01. The molecule has 0 spiro atoms. The first kappa shape index (κ1) is 17.2. The Labute approximate surface area is 140 Å². The number of hydrogen-bond acceptors (Lipinski definition) is 3. The second kappa shape index (κ2) is 7.92. The predicted octanol–water partition coefficient (Wildman–Crippen LogP) is 2.53. The molecule has 2 aromatic carbocycles. The highest BCUT2D eigenvalue weighted by molar-refractivity contribution is 6.04. The molecule has 0 atom stereocenters. The highest BCUT2D eigenvalue weighted by Gasteiger charge is 2.07. The maximum Gasteiger partial charge on any atom is 0.255 e. The van der Waals surface area contributed by atoms with Crippen molar-refractivity contribution in [3.63, 3.8) is 0 Å². The first-order valence-electron chi connectivity index (χ1n) is 7.46. The van der Waals surface area contributed by atoms with Gasteiger partial charge in [0.25, 0.3) is 5.91 Å². The molecule has 2 aromatic rings. The van der Waals surface area contributed by atoms with Gasteiger partial charge in [-0.05, 0) is 35.9 Å². The van der Waals surface area contributed by atoms with Crippen molar-refractivity contribution >= 4 is 29.1 Å². The Morgan fingerprint density at radius 1 is 0.833 bits per heavy atom. The van der Waals surface area contributed by atoms with Crippen molar-refractivity contribution in [3.05, 3.63) is 59.7 Å². The Kier molecular flexibility index (Phi) is 5.68. The lowest BCUT2D eigenvalue weighted by Gasteiger charge is -2.08. The van der Waals surface area contributed by atoms with Crippen molar-refractivity contribution < 1.29 is 14.4 Å². The zero-order valence-electron chi connectivity index (χ0n) is 13.6. The van der Waals surface area contributed by atoms with Gasteiger partial charge in [-0.15, -0.1) is 0 Å². The van der Waals surface area contributed by atoms with Crippen LogP contribution in [-0.2, 0) is 16.1 Å². The zero-order valence-corrected chi connectivity index (χ0v) is 13.6. The Morgan fingerprint density at radius 3 is 2.04 bits per heavy atom. The lowest BCUT2D eigenvalue weighted by atomic mass is 10.1. The van der Waals surface area contributed by atoms with Gasteiger partial charge in [0.15, 0.2) is 0 Å². The molecular weight excluding hydrogens is 306 g/mol. The van der Waals surface area contributed by atoms with Gasteiger partial charge in [-0.1, -0.05) is 18.2 Å². The zero-order chi connectivity index (χ0) is 17.5. The molecule has 3 N–H and O–H groups in total. The molecule has 0 radical (unpaired) electrons. The molecule has 6 nitrogen and oxygen atoms in total. The number of carbonyl (C=O) groups is 3. The van der Waals surface area contributed by atoms with E-state index in [0.29, 0.717) is 23.5 Å². The van der Waals surface area contributed by atoms with Gasteiger partial charge in [0.05, 0.1) is 0 Å². The molecule has 0 aromatic heterocycles. The normalized spacial score (nSPS) is 9.92. The van der Waals surface area contributed by atoms with Crippen LogP contribution >= 0.6 is 0 Å². The van der Waals surface area contributed by atoms with Crippen LogP contribution in [-0.4, -0.2) is 17.7 Å². The minimum absolute atomic E-state index is 0.101. The fraction of sp³-hybridized carbons (Fsp3) is 0.167. The van der Waals surface area contributed by atoms with Crippen LogP contribution in [0.2, 0.25) is 0 Å². The Hall–Kier alpha value is -3.15. The van der Waals surface area contributed by atoms with Crippen LogP contribution in [0.3, 0.4) is 0 Å². The molecule has 3 amide bonds. The number of benzene rings is 2. The van der Waals surface area contributed by atoms with E-state index in [4.69, 9.17) is 0 Å². The van der Waals surface area contributed by atoms with Crippen molar-refractivity contribution in [2.45, 2.75) is 20.4 Å². The van der Waals surface area contributed by atoms with Crippen LogP contribution in [0.5, 0.6) is 0 Å². The number of carbonyl (C=O) groups excluding carboxylic acids is 3. The van der Waals surface area contributed by atoms with Gasteiger partial charge >= 0.3 is 0 Å². The average Bonchev–Trinajstić information content (AvgIpc) is 2.53. The first-order valence-corrected chi connectivity index (χ1v) is 7.46. The molecule has 0 aliphatic heterocycles. The first-order chi connectivity index (χ1) is 11.4. The molecule has 124 valence electrons. The largest absolute Gasteiger partial charge is 0.352 e. The Bertz CT molecular complexity index is 754. The van der Waals surface area contributed by atoms with E-state index in [1.165, 1.54) is 13.8 Å². The van der Waals surface area contributed by atoms with Gasteiger partial charge in [0.2, 0.25) is 11.8 Å². The highest BCUT2D eigenvalue weighted by Crippen LogP contribution is 2.16. The second-order valence-corrected chi connectivity index (χ2v) is 5.32. The summed E-state index contributed by atoms with van der Waals surface area (Å²) in [5.41, 5.74) is 2.63. The van der Waals surface area contributed by atoms with E-state index >= 15 is 0 Å². The number of hydrogen-bond donors (Lipinski definition) is 3. The van der Waals surface area contributed by atoms with E-state index in [9.17, 15) is 14.4 Å². The lowest BCUT2D eigenvalue weighted by molar-refractivity contribution is -0.119. The summed E-state index contributed by atoms with van der Waals surface area (Å²) in [5, 5.41) is 8.14. The highest BCUT2D eigenvalue weighted by atomic mass is 16.2. The summed E-state index contributed by atoms with van der Waals surface area (Å²) in [6.45, 7) is 3.31. The molecule has 0 heterocycles. The third kappa shape index (κ3) is 5.24. The molecule has 0 bridgehead atoms. The van der Waals surface area contributed by atoms with Gasteiger partial charge in [-0.25, -0.2) is 0 Å². The summed E-state index contributed by atoms with van der Waals surface area (Å²) in [5.74, 6) is -0.523. The summed E-state index contributed by atoms with van der Waals surface area (Å²) >= 11 is 0.